The number of carbonyl (C=O) groups is 12. The average Bonchev–Trinajstić information content (AvgIpc) is 3.71. The molecule has 0 radical (unpaired) electrons. The number of amides is 10. The summed E-state index contributed by atoms with van der Waals surface area (Å²) in [4.78, 5) is 165. The summed E-state index contributed by atoms with van der Waals surface area (Å²) in [6, 6.07) is -15.3. The molecule has 2 bridgehead atoms. The minimum atomic E-state index is -2.82. The van der Waals surface area contributed by atoms with Crippen molar-refractivity contribution in [3.05, 3.63) is 11.8 Å². The minimum Gasteiger partial charge on any atom is -0.479 e. The summed E-state index contributed by atoms with van der Waals surface area (Å²) in [5, 5.41) is 70.3. The number of nitrogens with zero attached hydrogens (tertiary/aromatic N) is 1. The highest BCUT2D eigenvalue weighted by Crippen LogP contribution is 2.22. The van der Waals surface area contributed by atoms with E-state index >= 15 is 0 Å². The highest BCUT2D eigenvalue weighted by molar-refractivity contribution is 6.18. The van der Waals surface area contributed by atoms with Gasteiger partial charge in [-0.25, -0.2) is 9.59 Å². The van der Waals surface area contributed by atoms with Crippen LogP contribution in [-0.4, -0.2) is 206 Å². The van der Waals surface area contributed by atoms with Gasteiger partial charge in [0.15, 0.2) is 12.1 Å². The first-order valence-corrected chi connectivity index (χ1v) is 28.2. The first-order chi connectivity index (χ1) is 38.9. The Morgan fingerprint density at radius 3 is 1.82 bits per heavy atom. The molecule has 0 saturated carbocycles. The number of allylic oxidation sites excluding steroid dienone is 1. The van der Waals surface area contributed by atoms with Crippen LogP contribution in [0.15, 0.2) is 11.8 Å². The summed E-state index contributed by atoms with van der Waals surface area (Å²) in [6.07, 6.45) is 0.396. The number of alkyl halides is 1. The lowest BCUT2D eigenvalue weighted by Crippen LogP contribution is -2.62. The molecule has 0 aromatic heterocycles. The van der Waals surface area contributed by atoms with Crippen LogP contribution in [0.5, 0.6) is 0 Å². The molecule has 2 fully saturated rings. The molecule has 31 heteroatoms. The van der Waals surface area contributed by atoms with Crippen LogP contribution >= 0.6 is 11.6 Å². The van der Waals surface area contributed by atoms with E-state index in [1.807, 2.05) is 10.6 Å². The van der Waals surface area contributed by atoms with Gasteiger partial charge >= 0.3 is 11.9 Å². The number of halogens is 1. The van der Waals surface area contributed by atoms with Crippen LogP contribution in [0.25, 0.3) is 0 Å². The van der Waals surface area contributed by atoms with Crippen molar-refractivity contribution in [1.29, 1.82) is 0 Å². The Morgan fingerprint density at radius 2 is 1.27 bits per heavy atom. The Morgan fingerprint density at radius 1 is 0.695 bits per heavy atom. The van der Waals surface area contributed by atoms with E-state index in [4.69, 9.17) is 33.5 Å². The molecule has 3 unspecified atom stereocenters. The van der Waals surface area contributed by atoms with E-state index in [2.05, 4.69) is 38.8 Å². The van der Waals surface area contributed by atoms with E-state index in [0.717, 1.165) is 64.4 Å². The van der Waals surface area contributed by atoms with E-state index in [1.165, 1.54) is 6.92 Å². The van der Waals surface area contributed by atoms with Gasteiger partial charge in [0.2, 0.25) is 47.3 Å². The van der Waals surface area contributed by atoms with Crippen molar-refractivity contribution in [2.75, 3.05) is 32.1 Å². The lowest BCUT2D eigenvalue weighted by atomic mass is 10.0. The van der Waals surface area contributed by atoms with Crippen molar-refractivity contribution >= 4 is 82.6 Å². The second-order valence-corrected chi connectivity index (χ2v) is 20.3. The quantitative estimate of drug-likeness (QED) is 0.0127. The Kier molecular flexibility index (Phi) is 32.9. The number of aliphatic hydroxyl groups is 4. The number of unbranched alkanes of at least 4 members (excludes halogenated alkanes) is 9. The molecule has 0 aromatic rings. The molecule has 2 rings (SSSR count). The smallest absolute Gasteiger partial charge is 0.335 e. The molecule has 0 aliphatic carbocycles. The van der Waals surface area contributed by atoms with Crippen molar-refractivity contribution in [3.8, 4) is 0 Å². The third-order valence-corrected chi connectivity index (χ3v) is 13.7. The molecule has 464 valence electrons. The molecular formula is C51H85ClN12O18. The number of nitrogens with one attached hydrogen (secondary N) is 8. The number of ether oxygens (including phenoxy) is 1. The third-order valence-electron chi connectivity index (χ3n) is 13.4. The fourth-order valence-electron chi connectivity index (χ4n) is 8.76. The first-order valence-electron chi connectivity index (χ1n) is 27.6. The van der Waals surface area contributed by atoms with Gasteiger partial charge in [0.25, 0.3) is 11.8 Å². The zero-order chi connectivity index (χ0) is 61.6. The zero-order valence-electron chi connectivity index (χ0n) is 46.7. The number of carbonyl (C=O) groups excluding carboxylic acids is 11. The predicted octanol–water partition coefficient (Wildman–Crippen LogP) is -4.99. The Balaban J connectivity index is 2.73. The van der Waals surface area contributed by atoms with Crippen molar-refractivity contribution in [1.82, 2.24) is 47.4 Å². The number of cyclic esters (lactones) is 1. The second-order valence-electron chi connectivity index (χ2n) is 20.0. The normalized spacial score (nSPS) is 25.4. The third kappa shape index (κ3) is 23.5. The Hall–Kier alpha value is -6.41. The summed E-state index contributed by atoms with van der Waals surface area (Å²) in [5.41, 5.74) is 16.5. The molecule has 12 atom stereocenters. The molecular weight excluding hydrogens is 1100 g/mol. The zero-order valence-corrected chi connectivity index (χ0v) is 47.4. The molecule has 19 N–H and O–H groups in total. The van der Waals surface area contributed by atoms with Gasteiger partial charge in [-0.15, -0.1) is 11.6 Å². The second kappa shape index (κ2) is 37.6. The molecule has 2 saturated heterocycles. The molecule has 2 aliphatic heterocycles. The highest BCUT2D eigenvalue weighted by atomic mass is 35.5. The number of rotatable bonds is 26. The van der Waals surface area contributed by atoms with Gasteiger partial charge in [0.1, 0.15) is 54.6 Å². The number of fused-ring (bicyclic) bond motifs is 2. The molecule has 82 heavy (non-hydrogen) atoms. The highest BCUT2D eigenvalue weighted by Gasteiger charge is 2.47. The number of hydrogen-bond acceptors (Lipinski definition) is 20. The largest absolute Gasteiger partial charge is 0.479 e. The lowest BCUT2D eigenvalue weighted by molar-refractivity contribution is -0.155. The van der Waals surface area contributed by atoms with Crippen LogP contribution in [0, 0.1) is 0 Å². The van der Waals surface area contributed by atoms with Crippen molar-refractivity contribution < 1.29 is 87.8 Å². The minimum absolute atomic E-state index is 0.132. The standard InChI is InChI=1S/C51H85ClN12O18/c1-4-6-7-8-9-10-11-12-13-16-28(66)23-36(68)56-33-26-82-51(81)39(35(67)25-52)62-48(77)40(41(70)50(79)80)63-42(71)29(5-2)57-47(76)38(27(3)65)61-44(73)31(19-22-55)59-46(75)34(17-14-15-20-53)64-37(69)24-32(49(64)78)60-43(72)30(18-21-54)58-45(33)74/h5,27-28,30-35,38-41,65-67,70H,4,6-26,53-55H2,1-3H3,(H,56,68)(H,57,76)(H,58,74)(H,59,75)(H,60,72)(H,61,73)(H,62,77)(H,63,71)(H,79,80)/b29-5-/t27-,28+,30+,31-,32-,33-,34-,35?,38?,39-,40?,41-/m0/s1. The van der Waals surface area contributed by atoms with Crippen molar-refractivity contribution in [2.45, 2.75) is 203 Å². The first kappa shape index (κ1) is 71.7. The summed E-state index contributed by atoms with van der Waals surface area (Å²) < 4.78 is 5.29. The number of aliphatic hydroxyl groups excluding tert-OH is 4. The van der Waals surface area contributed by atoms with Crippen LogP contribution in [0.2, 0.25) is 0 Å². The fraction of sp³-hybridized carbons (Fsp3) is 0.725. The van der Waals surface area contributed by atoms with Crippen molar-refractivity contribution in [3.63, 3.8) is 0 Å². The molecule has 0 aromatic carbocycles. The van der Waals surface area contributed by atoms with Gasteiger partial charge in [-0.2, -0.15) is 0 Å². The number of esters is 1. The maximum absolute atomic E-state index is 14.2. The van der Waals surface area contributed by atoms with Crippen LogP contribution in [0.3, 0.4) is 0 Å². The van der Waals surface area contributed by atoms with Gasteiger partial charge < -0.3 is 90.0 Å². The number of aliphatic carboxylic acids is 1. The molecule has 0 spiro atoms. The van der Waals surface area contributed by atoms with E-state index in [0.29, 0.717) is 17.7 Å². The monoisotopic (exact) mass is 1190 g/mol. The maximum atomic E-state index is 14.2. The van der Waals surface area contributed by atoms with Gasteiger partial charge in [-0.05, 0) is 72.0 Å². The van der Waals surface area contributed by atoms with E-state index in [1.54, 1.807) is 0 Å². The summed E-state index contributed by atoms with van der Waals surface area (Å²) in [6.45, 7) is 2.77. The summed E-state index contributed by atoms with van der Waals surface area (Å²) in [5.74, 6) is -16.6. The number of nitrogens with two attached hydrogens (primary N) is 3. The van der Waals surface area contributed by atoms with E-state index in [9.17, 15) is 83.1 Å². The van der Waals surface area contributed by atoms with Gasteiger partial charge in [-0.1, -0.05) is 70.8 Å². The van der Waals surface area contributed by atoms with Crippen LogP contribution in [0.1, 0.15) is 130 Å². The molecule has 2 heterocycles. The van der Waals surface area contributed by atoms with Crippen LogP contribution in [0.4, 0.5) is 0 Å². The number of carboxylic acid groups (broad SMARTS) is 1. The fourth-order valence-corrected chi connectivity index (χ4v) is 8.93. The van der Waals surface area contributed by atoms with Gasteiger partial charge in [0, 0.05) is 0 Å². The number of imide groups is 1. The van der Waals surface area contributed by atoms with Crippen LogP contribution in [-0.2, 0) is 62.3 Å². The van der Waals surface area contributed by atoms with E-state index in [-0.39, 0.29) is 51.7 Å². The predicted molar refractivity (Wildman–Crippen MR) is 291 cm³/mol. The van der Waals surface area contributed by atoms with Gasteiger partial charge in [-0.3, -0.25) is 52.8 Å². The summed E-state index contributed by atoms with van der Waals surface area (Å²) >= 11 is 5.86. The topological polar surface area (TPSA) is 493 Å². The van der Waals surface area contributed by atoms with Crippen molar-refractivity contribution in [2.24, 2.45) is 17.2 Å². The maximum Gasteiger partial charge on any atom is 0.335 e. The number of carboxylic acids is 1. The van der Waals surface area contributed by atoms with Gasteiger partial charge in [0.05, 0.1) is 37.0 Å². The Labute approximate surface area is 480 Å². The molecule has 10 amide bonds. The van der Waals surface area contributed by atoms with E-state index < -0.39 is 175 Å². The summed E-state index contributed by atoms with van der Waals surface area (Å²) in [7, 11) is 0. The average molecular weight is 1190 g/mol. The molecule has 30 nitrogen and oxygen atoms in total. The number of hydrogen-bond donors (Lipinski definition) is 16. The lowest BCUT2D eigenvalue weighted by Gasteiger charge is -2.29. The SMILES string of the molecule is C/C=C1\NC(=O)C([C@H](C)O)NC(=O)[C@H](CCN)NC(=O)[C@H](CCCCN)N2C(=O)C[C@H](NC(=O)[C@@H](CCN)NC(=O)[C@@H](NC(=O)C[C@H](O)CCCCCCCCCCC)COC(=O)[C@H](C(O)CCl)NC(=O)C([C@H](O)C(=O)O)NC1=O)C2=O. The Bertz CT molecular complexity index is 2230. The van der Waals surface area contributed by atoms with Crippen LogP contribution < -0.4 is 59.7 Å². The molecule has 2 aliphatic rings.